The second-order valence-electron chi connectivity index (χ2n) is 8.48. The summed E-state index contributed by atoms with van der Waals surface area (Å²) in [4.78, 5) is 12.4. The summed E-state index contributed by atoms with van der Waals surface area (Å²) < 4.78 is 43.9. The third-order valence-corrected chi connectivity index (χ3v) is 6.03. The Bertz CT molecular complexity index is 1580. The molecule has 1 aliphatic rings. The fraction of sp³-hybridized carbons (Fsp3) is 0.0667. The molecule has 0 spiro atoms. The van der Waals surface area contributed by atoms with Crippen LogP contribution in [0.3, 0.4) is 0 Å². The van der Waals surface area contributed by atoms with E-state index in [0.717, 1.165) is 11.1 Å². The summed E-state index contributed by atoms with van der Waals surface area (Å²) in [6.07, 6.45) is 0. The molecular weight excluding hydrogens is 490 g/mol. The van der Waals surface area contributed by atoms with Crippen molar-refractivity contribution in [3.05, 3.63) is 136 Å². The van der Waals surface area contributed by atoms with E-state index in [4.69, 9.17) is 19.9 Å². The summed E-state index contributed by atoms with van der Waals surface area (Å²) >= 11 is 0. The van der Waals surface area contributed by atoms with Crippen LogP contribution in [0, 0.1) is 23.0 Å². The first kappa shape index (κ1) is 24.5. The summed E-state index contributed by atoms with van der Waals surface area (Å²) in [5, 5.41) is 9.80. The average molecular weight is 510 g/mol. The largest absolute Gasteiger partial charge is 0.489 e. The molecule has 8 heteroatoms. The molecule has 6 nitrogen and oxygen atoms in total. The predicted octanol–water partition coefficient (Wildman–Crippen LogP) is 5.98. The number of ether oxygens (including phenoxy) is 3. The second-order valence-corrected chi connectivity index (χ2v) is 8.48. The molecule has 4 aromatic carbocycles. The zero-order valence-electron chi connectivity index (χ0n) is 19.9. The molecule has 0 radical (unpaired) electrons. The molecule has 2 N–H and O–H groups in total. The second kappa shape index (κ2) is 10.4. The lowest BCUT2D eigenvalue weighted by Gasteiger charge is -2.26. The van der Waals surface area contributed by atoms with Crippen molar-refractivity contribution in [1.29, 1.82) is 5.26 Å². The number of rotatable bonds is 6. The molecule has 0 aliphatic carbocycles. The van der Waals surface area contributed by atoms with Crippen molar-refractivity contribution in [2.24, 2.45) is 5.73 Å². The average Bonchev–Trinajstić information content (AvgIpc) is 2.92. The Labute approximate surface area is 217 Å². The number of allylic oxidation sites excluding steroid dienone is 1. The van der Waals surface area contributed by atoms with Crippen molar-refractivity contribution < 1.29 is 27.8 Å². The minimum Gasteiger partial charge on any atom is -0.489 e. The maximum Gasteiger partial charge on any atom is 0.346 e. The van der Waals surface area contributed by atoms with Crippen molar-refractivity contribution in [1.82, 2.24) is 0 Å². The fourth-order valence-corrected chi connectivity index (χ4v) is 4.13. The normalized spacial score (nSPS) is 14.2. The lowest BCUT2D eigenvalue weighted by atomic mass is 9.83. The topological polar surface area (TPSA) is 94.6 Å². The van der Waals surface area contributed by atoms with Crippen LogP contribution in [0.25, 0.3) is 0 Å². The van der Waals surface area contributed by atoms with Crippen LogP contribution in [0.4, 0.5) is 8.78 Å². The number of nitriles is 1. The Morgan fingerprint density at radius 1 is 0.947 bits per heavy atom. The van der Waals surface area contributed by atoms with Crippen LogP contribution in [0.5, 0.6) is 17.2 Å². The van der Waals surface area contributed by atoms with Gasteiger partial charge in [-0.05, 0) is 53.6 Å². The number of hydrogen-bond acceptors (Lipinski definition) is 6. The SMILES string of the molecule is N#CC1=C(N)Oc2cc(OC(=O)c3ccccc3F)ccc2C1c1ccc(OCc2ccc(F)cc2)cc1. The summed E-state index contributed by atoms with van der Waals surface area (Å²) in [6.45, 7) is 0.268. The molecule has 38 heavy (non-hydrogen) atoms. The highest BCUT2D eigenvalue weighted by atomic mass is 19.1. The van der Waals surface area contributed by atoms with Crippen LogP contribution < -0.4 is 19.9 Å². The number of halogens is 2. The first-order chi connectivity index (χ1) is 18.4. The maximum atomic E-state index is 14.0. The molecule has 4 aromatic rings. The highest BCUT2D eigenvalue weighted by Gasteiger charge is 2.31. The molecule has 0 amide bonds. The molecule has 1 aliphatic heterocycles. The number of benzene rings is 4. The van der Waals surface area contributed by atoms with Crippen LogP contribution in [0.15, 0.2) is 102 Å². The molecule has 5 rings (SSSR count). The number of fused-ring (bicyclic) bond motifs is 1. The van der Waals surface area contributed by atoms with Crippen molar-refractivity contribution in [2.45, 2.75) is 12.5 Å². The van der Waals surface area contributed by atoms with Gasteiger partial charge in [0, 0.05) is 11.6 Å². The lowest BCUT2D eigenvalue weighted by molar-refractivity contribution is 0.0729. The number of nitrogens with zero attached hydrogens (tertiary/aromatic N) is 1. The molecule has 1 atom stereocenters. The van der Waals surface area contributed by atoms with Gasteiger partial charge < -0.3 is 19.9 Å². The number of carbonyl (C=O) groups excluding carboxylic acids is 1. The predicted molar refractivity (Wildman–Crippen MR) is 134 cm³/mol. The third kappa shape index (κ3) is 5.04. The van der Waals surface area contributed by atoms with Gasteiger partial charge in [0.1, 0.15) is 47.1 Å². The molecule has 0 bridgehead atoms. The summed E-state index contributed by atoms with van der Waals surface area (Å²) in [7, 11) is 0. The zero-order chi connectivity index (χ0) is 26.6. The summed E-state index contributed by atoms with van der Waals surface area (Å²) in [5.41, 5.74) is 8.33. The van der Waals surface area contributed by atoms with E-state index in [-0.39, 0.29) is 35.2 Å². The first-order valence-corrected chi connectivity index (χ1v) is 11.6. The van der Waals surface area contributed by atoms with Crippen molar-refractivity contribution in [3.63, 3.8) is 0 Å². The smallest absolute Gasteiger partial charge is 0.346 e. The van der Waals surface area contributed by atoms with Gasteiger partial charge in [0.2, 0.25) is 5.88 Å². The Hall–Kier alpha value is -5.16. The Morgan fingerprint density at radius 3 is 2.37 bits per heavy atom. The van der Waals surface area contributed by atoms with Crippen LogP contribution in [0.2, 0.25) is 0 Å². The van der Waals surface area contributed by atoms with E-state index in [1.165, 1.54) is 42.5 Å². The highest BCUT2D eigenvalue weighted by molar-refractivity contribution is 5.91. The van der Waals surface area contributed by atoms with Gasteiger partial charge in [-0.25, -0.2) is 13.6 Å². The number of hydrogen-bond donors (Lipinski definition) is 1. The molecule has 0 saturated carbocycles. The van der Waals surface area contributed by atoms with Gasteiger partial charge in [0.05, 0.1) is 11.5 Å². The van der Waals surface area contributed by atoms with Crippen LogP contribution >= 0.6 is 0 Å². The van der Waals surface area contributed by atoms with Crippen LogP contribution in [-0.2, 0) is 6.61 Å². The van der Waals surface area contributed by atoms with E-state index in [0.29, 0.717) is 17.1 Å². The third-order valence-electron chi connectivity index (χ3n) is 6.03. The molecule has 1 unspecified atom stereocenters. The molecule has 188 valence electrons. The van der Waals surface area contributed by atoms with E-state index in [2.05, 4.69) is 6.07 Å². The van der Waals surface area contributed by atoms with Crippen molar-refractivity contribution >= 4 is 5.97 Å². The zero-order valence-corrected chi connectivity index (χ0v) is 19.9. The standard InChI is InChI=1S/C30H20F2N2O4/c31-20-9-5-18(6-10-20)17-36-21-11-7-19(8-12-21)28-24-14-13-22(15-27(24)38-29(34)25(28)16-33)37-30(35)23-3-1-2-4-26(23)32/h1-15,28H,17,34H2. The maximum absolute atomic E-state index is 14.0. The van der Waals surface area contributed by atoms with Crippen LogP contribution in [-0.4, -0.2) is 5.97 Å². The minimum absolute atomic E-state index is 0.0702. The van der Waals surface area contributed by atoms with E-state index < -0.39 is 17.7 Å². The minimum atomic E-state index is -0.854. The van der Waals surface area contributed by atoms with Crippen molar-refractivity contribution in [3.8, 4) is 23.3 Å². The van der Waals surface area contributed by atoms with E-state index in [1.807, 2.05) is 12.1 Å². The highest BCUT2D eigenvalue weighted by Crippen LogP contribution is 2.43. The molecule has 0 fully saturated rings. The van der Waals surface area contributed by atoms with Gasteiger partial charge in [0.15, 0.2) is 0 Å². The Kier molecular flexibility index (Phi) is 6.74. The van der Waals surface area contributed by atoms with Crippen LogP contribution in [0.1, 0.15) is 33.0 Å². The van der Waals surface area contributed by atoms with Gasteiger partial charge in [0.25, 0.3) is 0 Å². The van der Waals surface area contributed by atoms with Gasteiger partial charge in [-0.15, -0.1) is 0 Å². The molecular formula is C30H20F2N2O4. The monoisotopic (exact) mass is 510 g/mol. The van der Waals surface area contributed by atoms with E-state index in [9.17, 15) is 18.8 Å². The number of carbonyl (C=O) groups is 1. The van der Waals surface area contributed by atoms with Gasteiger partial charge in [-0.1, -0.05) is 42.5 Å². The molecule has 0 aromatic heterocycles. The summed E-state index contributed by atoms with van der Waals surface area (Å²) in [5.74, 6) is -1.43. The number of esters is 1. The quantitative estimate of drug-likeness (QED) is 0.253. The molecule has 1 heterocycles. The van der Waals surface area contributed by atoms with Crippen molar-refractivity contribution in [2.75, 3.05) is 0 Å². The Balaban J connectivity index is 1.38. The van der Waals surface area contributed by atoms with E-state index >= 15 is 0 Å². The molecule has 0 saturated heterocycles. The first-order valence-electron chi connectivity index (χ1n) is 11.6. The lowest BCUT2D eigenvalue weighted by Crippen LogP contribution is -2.21. The van der Waals surface area contributed by atoms with Gasteiger partial charge >= 0.3 is 5.97 Å². The summed E-state index contributed by atoms with van der Waals surface area (Å²) in [6, 6.07) is 25.5. The van der Waals surface area contributed by atoms with Gasteiger partial charge in [-0.2, -0.15) is 5.26 Å². The fourth-order valence-electron chi connectivity index (χ4n) is 4.13. The number of nitrogens with two attached hydrogens (primary N) is 1. The van der Waals surface area contributed by atoms with Gasteiger partial charge in [-0.3, -0.25) is 0 Å². The Morgan fingerprint density at radius 2 is 1.66 bits per heavy atom. The van der Waals surface area contributed by atoms with E-state index in [1.54, 1.807) is 36.4 Å².